The van der Waals surface area contributed by atoms with Crippen molar-refractivity contribution in [3.63, 3.8) is 0 Å². The predicted molar refractivity (Wildman–Crippen MR) is 70.9 cm³/mol. The van der Waals surface area contributed by atoms with Crippen molar-refractivity contribution < 1.29 is 9.59 Å². The van der Waals surface area contributed by atoms with Gasteiger partial charge in [-0.2, -0.15) is 0 Å². The quantitative estimate of drug-likeness (QED) is 0.714. The molecule has 1 rings (SSSR count). The first-order valence-corrected chi connectivity index (χ1v) is 5.66. The van der Waals surface area contributed by atoms with Crippen LogP contribution >= 0.6 is 0 Å². The Labute approximate surface area is 106 Å². The van der Waals surface area contributed by atoms with Crippen LogP contribution in [0.25, 0.3) is 0 Å². The standard InChI is InChI=1S/C13H17N3O2/c1-3-9(2)8-15-13(18)16-12(17)10-6-4-5-7-11(10)14/h4-8H,3,14H2,1-2H3,(H2,15,16,17,18)/b9-8+. The summed E-state index contributed by atoms with van der Waals surface area (Å²) in [5.41, 5.74) is 7.26. The van der Waals surface area contributed by atoms with E-state index >= 15 is 0 Å². The van der Waals surface area contributed by atoms with Gasteiger partial charge in [0.15, 0.2) is 0 Å². The zero-order valence-electron chi connectivity index (χ0n) is 10.5. The highest BCUT2D eigenvalue weighted by atomic mass is 16.2. The Hall–Kier alpha value is -2.30. The molecule has 0 aliphatic rings. The number of para-hydroxylation sites is 1. The highest BCUT2D eigenvalue weighted by Crippen LogP contribution is 2.09. The lowest BCUT2D eigenvalue weighted by molar-refractivity contribution is 0.0965. The topological polar surface area (TPSA) is 84.2 Å². The van der Waals surface area contributed by atoms with Crippen LogP contribution in [-0.4, -0.2) is 11.9 Å². The summed E-state index contributed by atoms with van der Waals surface area (Å²) in [6.45, 7) is 3.86. The van der Waals surface area contributed by atoms with E-state index < -0.39 is 11.9 Å². The highest BCUT2D eigenvalue weighted by Gasteiger charge is 2.11. The Kier molecular flexibility index (Phi) is 4.92. The van der Waals surface area contributed by atoms with Gasteiger partial charge in [-0.05, 0) is 25.5 Å². The third-order valence-corrected chi connectivity index (χ3v) is 2.44. The van der Waals surface area contributed by atoms with Crippen LogP contribution in [0.1, 0.15) is 30.6 Å². The number of amides is 3. The van der Waals surface area contributed by atoms with Gasteiger partial charge in [0.2, 0.25) is 0 Å². The molecule has 1 aromatic carbocycles. The van der Waals surface area contributed by atoms with Gasteiger partial charge in [0.1, 0.15) is 0 Å². The zero-order valence-corrected chi connectivity index (χ0v) is 10.5. The molecule has 1 aromatic rings. The third-order valence-electron chi connectivity index (χ3n) is 2.44. The summed E-state index contributed by atoms with van der Waals surface area (Å²) in [6, 6.07) is 6.00. The van der Waals surface area contributed by atoms with Crippen molar-refractivity contribution in [1.29, 1.82) is 0 Å². The van der Waals surface area contributed by atoms with Gasteiger partial charge in [-0.3, -0.25) is 10.1 Å². The number of benzene rings is 1. The smallest absolute Gasteiger partial charge is 0.325 e. The molecule has 3 amide bonds. The molecule has 0 aliphatic carbocycles. The van der Waals surface area contributed by atoms with E-state index in [1.165, 1.54) is 0 Å². The molecule has 0 aliphatic heterocycles. The maximum Gasteiger partial charge on any atom is 0.325 e. The fourth-order valence-electron chi connectivity index (χ4n) is 1.20. The Balaban J connectivity index is 2.61. The monoisotopic (exact) mass is 247 g/mol. The Morgan fingerprint density at radius 2 is 2.00 bits per heavy atom. The minimum Gasteiger partial charge on any atom is -0.398 e. The Morgan fingerprint density at radius 3 is 2.61 bits per heavy atom. The molecule has 0 heterocycles. The van der Waals surface area contributed by atoms with Gasteiger partial charge in [-0.1, -0.05) is 24.6 Å². The molecule has 0 radical (unpaired) electrons. The first-order valence-electron chi connectivity index (χ1n) is 5.66. The number of allylic oxidation sites excluding steroid dienone is 1. The van der Waals surface area contributed by atoms with Crippen LogP contribution in [0.2, 0.25) is 0 Å². The van der Waals surface area contributed by atoms with Crippen molar-refractivity contribution in [1.82, 2.24) is 10.6 Å². The van der Waals surface area contributed by atoms with Gasteiger partial charge < -0.3 is 11.1 Å². The average Bonchev–Trinajstić information content (AvgIpc) is 2.36. The lowest BCUT2D eigenvalue weighted by Crippen LogP contribution is -2.37. The summed E-state index contributed by atoms with van der Waals surface area (Å²) in [4.78, 5) is 23.1. The lowest BCUT2D eigenvalue weighted by atomic mass is 10.2. The van der Waals surface area contributed by atoms with Gasteiger partial charge in [0, 0.05) is 11.9 Å². The van der Waals surface area contributed by atoms with E-state index in [1.54, 1.807) is 30.5 Å². The number of imide groups is 1. The summed E-state index contributed by atoms with van der Waals surface area (Å²) >= 11 is 0. The van der Waals surface area contributed by atoms with Crippen molar-refractivity contribution in [3.05, 3.63) is 41.6 Å². The van der Waals surface area contributed by atoms with Crippen LogP contribution in [0, 0.1) is 0 Å². The highest BCUT2D eigenvalue weighted by molar-refractivity contribution is 6.07. The van der Waals surface area contributed by atoms with E-state index in [2.05, 4.69) is 10.6 Å². The molecular weight excluding hydrogens is 230 g/mol. The number of hydrogen-bond acceptors (Lipinski definition) is 3. The SMILES string of the molecule is CC/C(C)=C/NC(=O)NC(=O)c1ccccc1N. The second-order valence-electron chi connectivity index (χ2n) is 3.86. The van der Waals surface area contributed by atoms with Crippen LogP contribution in [0.15, 0.2) is 36.0 Å². The summed E-state index contributed by atoms with van der Waals surface area (Å²) in [7, 11) is 0. The number of urea groups is 1. The third kappa shape index (κ3) is 3.93. The Morgan fingerprint density at radius 1 is 1.33 bits per heavy atom. The first-order chi connectivity index (χ1) is 8.54. The number of rotatable bonds is 3. The molecule has 96 valence electrons. The van der Waals surface area contributed by atoms with E-state index in [-0.39, 0.29) is 5.56 Å². The zero-order chi connectivity index (χ0) is 13.5. The van der Waals surface area contributed by atoms with Crippen LogP contribution in [0.5, 0.6) is 0 Å². The summed E-state index contributed by atoms with van der Waals surface area (Å²) in [5, 5.41) is 4.68. The van der Waals surface area contributed by atoms with E-state index in [0.29, 0.717) is 5.69 Å². The summed E-state index contributed by atoms with van der Waals surface area (Å²) in [5.74, 6) is -0.520. The van der Waals surface area contributed by atoms with Crippen LogP contribution < -0.4 is 16.4 Å². The van der Waals surface area contributed by atoms with Crippen molar-refractivity contribution in [2.24, 2.45) is 0 Å². The maximum atomic E-state index is 11.7. The van der Waals surface area contributed by atoms with Crippen molar-refractivity contribution in [2.45, 2.75) is 20.3 Å². The minimum atomic E-state index is -0.573. The fraction of sp³-hybridized carbons (Fsp3) is 0.231. The molecule has 0 atom stereocenters. The number of carbonyl (C=O) groups excluding carboxylic acids is 2. The second-order valence-corrected chi connectivity index (χ2v) is 3.86. The van der Waals surface area contributed by atoms with Crippen molar-refractivity contribution in [2.75, 3.05) is 5.73 Å². The second kappa shape index (κ2) is 6.44. The van der Waals surface area contributed by atoms with Gasteiger partial charge in [-0.15, -0.1) is 0 Å². The first kappa shape index (κ1) is 13.8. The van der Waals surface area contributed by atoms with Crippen molar-refractivity contribution >= 4 is 17.6 Å². The molecule has 5 heteroatoms. The van der Waals surface area contributed by atoms with Crippen LogP contribution in [-0.2, 0) is 0 Å². The molecule has 5 nitrogen and oxygen atoms in total. The van der Waals surface area contributed by atoms with E-state index in [9.17, 15) is 9.59 Å². The molecule has 0 unspecified atom stereocenters. The molecule has 0 aromatic heterocycles. The molecule has 0 bridgehead atoms. The van der Waals surface area contributed by atoms with Crippen molar-refractivity contribution in [3.8, 4) is 0 Å². The largest absolute Gasteiger partial charge is 0.398 e. The van der Waals surface area contributed by atoms with E-state index in [4.69, 9.17) is 5.73 Å². The fourth-order valence-corrected chi connectivity index (χ4v) is 1.20. The molecule has 0 saturated carbocycles. The van der Waals surface area contributed by atoms with Crippen LogP contribution in [0.4, 0.5) is 10.5 Å². The van der Waals surface area contributed by atoms with Gasteiger partial charge in [-0.25, -0.2) is 4.79 Å². The van der Waals surface area contributed by atoms with E-state index in [0.717, 1.165) is 12.0 Å². The predicted octanol–water partition coefficient (Wildman–Crippen LogP) is 2.02. The number of hydrogen-bond donors (Lipinski definition) is 3. The Bertz CT molecular complexity index is 481. The maximum absolute atomic E-state index is 11.7. The summed E-state index contributed by atoms with van der Waals surface area (Å²) in [6.07, 6.45) is 2.40. The number of nitrogens with one attached hydrogen (secondary N) is 2. The molecule has 18 heavy (non-hydrogen) atoms. The number of anilines is 1. The molecular formula is C13H17N3O2. The molecule has 0 spiro atoms. The van der Waals surface area contributed by atoms with Gasteiger partial charge >= 0.3 is 6.03 Å². The number of nitrogen functional groups attached to an aromatic ring is 1. The van der Waals surface area contributed by atoms with Gasteiger partial charge in [0.05, 0.1) is 5.56 Å². The summed E-state index contributed by atoms with van der Waals surface area (Å²) < 4.78 is 0. The van der Waals surface area contributed by atoms with Gasteiger partial charge in [0.25, 0.3) is 5.91 Å². The molecule has 0 fully saturated rings. The lowest BCUT2D eigenvalue weighted by Gasteiger charge is -2.06. The number of carbonyl (C=O) groups is 2. The minimum absolute atomic E-state index is 0.281. The average molecular weight is 247 g/mol. The van der Waals surface area contributed by atoms with Crippen LogP contribution in [0.3, 0.4) is 0 Å². The number of nitrogens with two attached hydrogens (primary N) is 1. The van der Waals surface area contributed by atoms with E-state index in [1.807, 2.05) is 13.8 Å². The normalized spacial score (nSPS) is 10.9. The molecule has 0 saturated heterocycles. The molecule has 4 N–H and O–H groups in total.